The highest BCUT2D eigenvalue weighted by Gasteiger charge is 2.28. The van der Waals surface area contributed by atoms with Gasteiger partial charge in [-0.1, -0.05) is 17.7 Å². The molecule has 11 heteroatoms. The summed E-state index contributed by atoms with van der Waals surface area (Å²) in [5.74, 6) is -1.43. The molecule has 0 bridgehead atoms. The summed E-state index contributed by atoms with van der Waals surface area (Å²) in [5, 5.41) is 11.4. The van der Waals surface area contributed by atoms with Gasteiger partial charge in [0, 0.05) is 18.8 Å². The van der Waals surface area contributed by atoms with Crippen LogP contribution in [0.3, 0.4) is 0 Å². The van der Waals surface area contributed by atoms with Gasteiger partial charge in [0.1, 0.15) is 4.90 Å². The summed E-state index contributed by atoms with van der Waals surface area (Å²) in [6.07, 6.45) is 0. The molecule has 0 aromatic heterocycles. The van der Waals surface area contributed by atoms with Crippen molar-refractivity contribution in [3.63, 3.8) is 0 Å². The third-order valence-electron chi connectivity index (χ3n) is 4.36. The lowest BCUT2D eigenvalue weighted by Crippen LogP contribution is -2.40. The molecule has 1 N–H and O–H groups in total. The molecule has 3 rings (SSSR count). The van der Waals surface area contributed by atoms with Crippen molar-refractivity contribution in [1.82, 2.24) is 4.31 Å². The number of hydrogen-bond acceptors (Lipinski definition) is 7. The second-order valence-corrected chi connectivity index (χ2v) is 8.79. The number of morpholine rings is 1. The van der Waals surface area contributed by atoms with Crippen LogP contribution in [0.4, 0.5) is 5.69 Å². The number of halogens is 1. The number of ether oxygens (including phenoxy) is 2. The van der Waals surface area contributed by atoms with Gasteiger partial charge in [0.05, 0.1) is 35.4 Å². The number of nitrogens with zero attached hydrogens (tertiary/aromatic N) is 2. The van der Waals surface area contributed by atoms with Crippen molar-refractivity contribution >= 4 is 39.2 Å². The Morgan fingerprint density at radius 3 is 2.65 bits per heavy atom. The number of carbonyl (C=O) groups excluding carboxylic acids is 2. The van der Waals surface area contributed by atoms with Crippen LogP contribution in [0.15, 0.2) is 47.4 Å². The molecule has 0 radical (unpaired) electrons. The number of esters is 1. The third-order valence-corrected chi connectivity index (χ3v) is 6.74. The zero-order chi connectivity index (χ0) is 22.4. The van der Waals surface area contributed by atoms with Crippen LogP contribution in [0.2, 0.25) is 5.02 Å². The maximum Gasteiger partial charge on any atom is 0.338 e. The number of hydrogen-bond donors (Lipinski definition) is 1. The molecule has 1 amide bonds. The minimum Gasteiger partial charge on any atom is -0.452 e. The summed E-state index contributed by atoms with van der Waals surface area (Å²) < 4.78 is 37.1. The predicted octanol–water partition coefficient (Wildman–Crippen LogP) is 2.03. The molecule has 1 aliphatic rings. The molecule has 1 saturated heterocycles. The lowest BCUT2D eigenvalue weighted by molar-refractivity contribution is -0.119. The third kappa shape index (κ3) is 5.59. The van der Waals surface area contributed by atoms with Gasteiger partial charge in [0.2, 0.25) is 10.0 Å². The molecule has 1 heterocycles. The number of nitriles is 1. The van der Waals surface area contributed by atoms with Crippen LogP contribution in [0.25, 0.3) is 0 Å². The van der Waals surface area contributed by atoms with E-state index in [-0.39, 0.29) is 53.0 Å². The molecule has 0 spiro atoms. The number of benzene rings is 2. The van der Waals surface area contributed by atoms with Gasteiger partial charge in [-0.05, 0) is 36.4 Å². The van der Waals surface area contributed by atoms with E-state index in [1.165, 1.54) is 46.8 Å². The van der Waals surface area contributed by atoms with Gasteiger partial charge in [-0.25, -0.2) is 13.2 Å². The molecule has 1 aliphatic heterocycles. The van der Waals surface area contributed by atoms with Crippen molar-refractivity contribution in [2.75, 3.05) is 38.2 Å². The van der Waals surface area contributed by atoms with Crippen LogP contribution in [0.1, 0.15) is 15.9 Å². The van der Waals surface area contributed by atoms with Gasteiger partial charge >= 0.3 is 5.97 Å². The molecule has 162 valence electrons. The average Bonchev–Trinajstić information content (AvgIpc) is 2.79. The normalized spacial score (nSPS) is 14.5. The first-order chi connectivity index (χ1) is 14.8. The standard InChI is InChI=1S/C20H18ClN3O6S/c21-17-5-4-16(11-18(17)31(27,28)24-6-8-29-9-7-24)23-19(25)13-30-20(26)15-3-1-2-14(10-15)12-22/h1-5,10-11H,6-9,13H2,(H,23,25). The van der Waals surface area contributed by atoms with E-state index in [0.717, 1.165) is 0 Å². The molecule has 0 aliphatic carbocycles. The van der Waals surface area contributed by atoms with Crippen LogP contribution in [0.5, 0.6) is 0 Å². The molecule has 31 heavy (non-hydrogen) atoms. The first-order valence-electron chi connectivity index (χ1n) is 9.16. The molecule has 1 fully saturated rings. The summed E-state index contributed by atoms with van der Waals surface area (Å²) in [6, 6.07) is 11.8. The molecule has 9 nitrogen and oxygen atoms in total. The Labute approximate surface area is 184 Å². The van der Waals surface area contributed by atoms with Crippen LogP contribution in [-0.2, 0) is 24.3 Å². The molecular weight excluding hydrogens is 446 g/mol. The summed E-state index contributed by atoms with van der Waals surface area (Å²) in [7, 11) is -3.86. The first kappa shape index (κ1) is 22.7. The Morgan fingerprint density at radius 2 is 1.94 bits per heavy atom. The zero-order valence-electron chi connectivity index (χ0n) is 16.2. The molecule has 2 aromatic rings. The Bertz CT molecular complexity index is 1140. The fraction of sp³-hybridized carbons (Fsp3) is 0.250. The predicted molar refractivity (Wildman–Crippen MR) is 111 cm³/mol. The number of carbonyl (C=O) groups is 2. The number of nitrogens with one attached hydrogen (secondary N) is 1. The van der Waals surface area contributed by atoms with E-state index in [2.05, 4.69) is 5.32 Å². The minimum atomic E-state index is -3.86. The topological polar surface area (TPSA) is 126 Å². The minimum absolute atomic E-state index is 0.0216. The monoisotopic (exact) mass is 463 g/mol. The van der Waals surface area contributed by atoms with Crippen LogP contribution < -0.4 is 5.32 Å². The SMILES string of the molecule is N#Cc1cccc(C(=O)OCC(=O)Nc2ccc(Cl)c(S(=O)(=O)N3CCOCC3)c2)c1. The Kier molecular flexibility index (Phi) is 7.25. The van der Waals surface area contributed by atoms with E-state index >= 15 is 0 Å². The highest BCUT2D eigenvalue weighted by atomic mass is 35.5. The fourth-order valence-corrected chi connectivity index (χ4v) is 4.74. The van der Waals surface area contributed by atoms with Crippen molar-refractivity contribution in [2.24, 2.45) is 0 Å². The largest absolute Gasteiger partial charge is 0.452 e. The van der Waals surface area contributed by atoms with E-state index in [0.29, 0.717) is 0 Å². The van der Waals surface area contributed by atoms with E-state index in [1.807, 2.05) is 6.07 Å². The molecule has 0 saturated carbocycles. The molecule has 0 unspecified atom stereocenters. The van der Waals surface area contributed by atoms with E-state index in [1.54, 1.807) is 0 Å². The number of anilines is 1. The Hall–Kier alpha value is -2.97. The molecule has 2 aromatic carbocycles. The van der Waals surface area contributed by atoms with Gasteiger partial charge in [0.25, 0.3) is 5.91 Å². The zero-order valence-corrected chi connectivity index (χ0v) is 17.8. The molecular formula is C20H18ClN3O6S. The summed E-state index contributed by atoms with van der Waals surface area (Å²) in [6.45, 7) is 0.395. The summed E-state index contributed by atoms with van der Waals surface area (Å²) in [5.41, 5.74) is 0.607. The second-order valence-electron chi connectivity index (χ2n) is 6.48. The Balaban J connectivity index is 1.66. The van der Waals surface area contributed by atoms with E-state index in [4.69, 9.17) is 26.3 Å². The maximum absolute atomic E-state index is 12.9. The van der Waals surface area contributed by atoms with Crippen LogP contribution in [-0.4, -0.2) is 57.5 Å². The second kappa shape index (κ2) is 9.89. The lowest BCUT2D eigenvalue weighted by Gasteiger charge is -2.26. The van der Waals surface area contributed by atoms with Crippen LogP contribution >= 0.6 is 11.6 Å². The van der Waals surface area contributed by atoms with Gasteiger partial charge in [-0.3, -0.25) is 4.79 Å². The van der Waals surface area contributed by atoms with Gasteiger partial charge in [-0.2, -0.15) is 9.57 Å². The number of rotatable bonds is 6. The van der Waals surface area contributed by atoms with Crippen LogP contribution in [0, 0.1) is 11.3 Å². The number of sulfonamides is 1. The van der Waals surface area contributed by atoms with Gasteiger partial charge < -0.3 is 14.8 Å². The fourth-order valence-electron chi connectivity index (χ4n) is 2.83. The van der Waals surface area contributed by atoms with Gasteiger partial charge in [-0.15, -0.1) is 0 Å². The summed E-state index contributed by atoms with van der Waals surface area (Å²) in [4.78, 5) is 24.1. The maximum atomic E-state index is 12.9. The van der Waals surface area contributed by atoms with Gasteiger partial charge in [0.15, 0.2) is 6.61 Å². The summed E-state index contributed by atoms with van der Waals surface area (Å²) >= 11 is 6.09. The van der Waals surface area contributed by atoms with Crippen molar-refractivity contribution in [2.45, 2.75) is 4.90 Å². The highest BCUT2D eigenvalue weighted by molar-refractivity contribution is 7.89. The van der Waals surface area contributed by atoms with E-state index < -0.39 is 28.5 Å². The van der Waals surface area contributed by atoms with Crippen molar-refractivity contribution < 1.29 is 27.5 Å². The van der Waals surface area contributed by atoms with Crippen molar-refractivity contribution in [3.05, 3.63) is 58.6 Å². The Morgan fingerprint density at radius 1 is 1.19 bits per heavy atom. The van der Waals surface area contributed by atoms with E-state index in [9.17, 15) is 18.0 Å². The average molecular weight is 464 g/mol. The smallest absolute Gasteiger partial charge is 0.338 e. The van der Waals surface area contributed by atoms with Crippen molar-refractivity contribution in [3.8, 4) is 6.07 Å². The number of amides is 1. The highest BCUT2D eigenvalue weighted by Crippen LogP contribution is 2.28. The lowest BCUT2D eigenvalue weighted by atomic mass is 10.1. The first-order valence-corrected chi connectivity index (χ1v) is 11.0. The van der Waals surface area contributed by atoms with Crippen molar-refractivity contribution in [1.29, 1.82) is 5.26 Å². The molecule has 0 atom stereocenters. The quantitative estimate of drug-likeness (QED) is 0.649.